The fourth-order valence-corrected chi connectivity index (χ4v) is 5.40. The average Bonchev–Trinajstić information content (AvgIpc) is 2.74. The third-order valence-electron chi connectivity index (χ3n) is 4.20. The van der Waals surface area contributed by atoms with Gasteiger partial charge in [0.05, 0.1) is 0 Å². The first-order chi connectivity index (χ1) is 6.29. The largest absolute Gasteiger partial charge is 0.256 e. The molecular formula is C12H24S. The zero-order chi connectivity index (χ0) is 9.26. The van der Waals surface area contributed by atoms with Gasteiger partial charge < -0.3 is 0 Å². The lowest BCUT2D eigenvalue weighted by atomic mass is 9.89. The van der Waals surface area contributed by atoms with Crippen molar-refractivity contribution < 1.29 is 0 Å². The van der Waals surface area contributed by atoms with Crippen molar-refractivity contribution in [2.45, 2.75) is 50.2 Å². The molecule has 2 atom stereocenters. The van der Waals surface area contributed by atoms with Crippen LogP contribution in [0.3, 0.4) is 0 Å². The number of hydrogen-bond acceptors (Lipinski definition) is 0. The first kappa shape index (κ1) is 9.89. The molecule has 0 aromatic carbocycles. The van der Waals surface area contributed by atoms with Gasteiger partial charge in [-0.15, -0.1) is 0 Å². The fourth-order valence-electron chi connectivity index (χ4n) is 3.55. The van der Waals surface area contributed by atoms with Crippen molar-refractivity contribution in [3.05, 3.63) is 0 Å². The summed E-state index contributed by atoms with van der Waals surface area (Å²) in [6.45, 7) is 0. The highest BCUT2D eigenvalue weighted by Gasteiger charge is 2.35. The zero-order valence-corrected chi connectivity index (χ0v) is 10.0. The Balaban J connectivity index is 1.96. The molecule has 0 N–H and O–H groups in total. The van der Waals surface area contributed by atoms with Gasteiger partial charge in [-0.05, 0) is 42.4 Å². The molecule has 0 nitrogen and oxygen atoms in total. The Morgan fingerprint density at radius 3 is 2.15 bits per heavy atom. The van der Waals surface area contributed by atoms with E-state index in [2.05, 4.69) is 12.5 Å². The smallest absolute Gasteiger partial charge is 0.0110 e. The molecule has 2 aliphatic carbocycles. The molecular weight excluding hydrogens is 176 g/mol. The van der Waals surface area contributed by atoms with Gasteiger partial charge in [-0.3, -0.25) is 10.9 Å². The molecule has 1 heteroatoms. The van der Waals surface area contributed by atoms with Crippen LogP contribution in [0.5, 0.6) is 0 Å². The van der Waals surface area contributed by atoms with Crippen LogP contribution in [0.15, 0.2) is 0 Å². The Labute approximate surface area is 85.8 Å². The van der Waals surface area contributed by atoms with Crippen LogP contribution in [-0.2, 0) is 0 Å². The predicted octanol–water partition coefficient (Wildman–Crippen LogP) is 3.61. The molecule has 1 unspecified atom stereocenters. The summed E-state index contributed by atoms with van der Waals surface area (Å²) in [6, 6.07) is 0. The van der Waals surface area contributed by atoms with Gasteiger partial charge in [-0.2, -0.15) is 0 Å². The van der Waals surface area contributed by atoms with Gasteiger partial charge >= 0.3 is 0 Å². The van der Waals surface area contributed by atoms with E-state index in [4.69, 9.17) is 0 Å². The van der Waals surface area contributed by atoms with E-state index in [0.717, 1.165) is 17.1 Å². The van der Waals surface area contributed by atoms with Crippen molar-refractivity contribution >= 4 is 10.9 Å². The van der Waals surface area contributed by atoms with Gasteiger partial charge in [0, 0.05) is 0 Å². The third kappa shape index (κ3) is 2.06. The molecule has 0 bridgehead atoms. The Hall–Kier alpha value is 0.350. The standard InChI is InChI=1S/C12H24S/c1-13(2)12-9-5-8-11(12)10-6-3-4-7-10/h10-13H,3-9H2,1-2H3/t11?,12-/m0/s1. The summed E-state index contributed by atoms with van der Waals surface area (Å²) < 4.78 is 0. The normalized spacial score (nSPS) is 36.9. The van der Waals surface area contributed by atoms with E-state index in [1.807, 2.05) is 0 Å². The van der Waals surface area contributed by atoms with Crippen molar-refractivity contribution in [1.29, 1.82) is 0 Å². The number of thiol groups is 1. The van der Waals surface area contributed by atoms with E-state index in [0.29, 0.717) is 10.9 Å². The highest BCUT2D eigenvalue weighted by Crippen LogP contribution is 2.48. The van der Waals surface area contributed by atoms with Crippen LogP contribution < -0.4 is 0 Å². The molecule has 0 saturated heterocycles. The van der Waals surface area contributed by atoms with Crippen LogP contribution >= 0.6 is 10.9 Å². The zero-order valence-electron chi connectivity index (χ0n) is 9.13. The topological polar surface area (TPSA) is 0 Å². The average molecular weight is 200 g/mol. The summed E-state index contributed by atoms with van der Waals surface area (Å²) in [5, 5.41) is 1.14. The predicted molar refractivity (Wildman–Crippen MR) is 63.9 cm³/mol. The fraction of sp³-hybridized carbons (Fsp3) is 1.00. The second-order valence-electron chi connectivity index (χ2n) is 5.17. The molecule has 2 fully saturated rings. The van der Waals surface area contributed by atoms with Crippen molar-refractivity contribution in [3.63, 3.8) is 0 Å². The van der Waals surface area contributed by atoms with Crippen LogP contribution in [0.4, 0.5) is 0 Å². The molecule has 2 aliphatic rings. The first-order valence-corrected chi connectivity index (χ1v) is 8.26. The molecule has 0 amide bonds. The van der Waals surface area contributed by atoms with E-state index < -0.39 is 0 Å². The highest BCUT2D eigenvalue weighted by molar-refractivity contribution is 8.16. The lowest BCUT2D eigenvalue weighted by Crippen LogP contribution is -2.20. The quantitative estimate of drug-likeness (QED) is 0.647. The van der Waals surface area contributed by atoms with Crippen molar-refractivity contribution in [3.8, 4) is 0 Å². The molecule has 0 heterocycles. The second-order valence-corrected chi connectivity index (χ2v) is 7.76. The van der Waals surface area contributed by atoms with Gasteiger partial charge in [0.15, 0.2) is 0 Å². The Kier molecular flexibility index (Phi) is 3.23. The van der Waals surface area contributed by atoms with Crippen molar-refractivity contribution in [1.82, 2.24) is 0 Å². The molecule has 13 heavy (non-hydrogen) atoms. The Morgan fingerprint density at radius 1 is 0.846 bits per heavy atom. The monoisotopic (exact) mass is 200 g/mol. The van der Waals surface area contributed by atoms with E-state index in [1.54, 1.807) is 25.7 Å². The summed E-state index contributed by atoms with van der Waals surface area (Å²) in [7, 11) is 0.343. The van der Waals surface area contributed by atoms with Gasteiger partial charge in [0.1, 0.15) is 0 Å². The molecule has 0 aliphatic heterocycles. The van der Waals surface area contributed by atoms with E-state index >= 15 is 0 Å². The number of hydrogen-bond donors (Lipinski definition) is 1. The van der Waals surface area contributed by atoms with Gasteiger partial charge in [-0.1, -0.05) is 32.1 Å². The SMILES string of the molecule is C[SH](C)[C@H]1CCCC1C1CCCC1. The minimum Gasteiger partial charge on any atom is -0.256 e. The summed E-state index contributed by atoms with van der Waals surface area (Å²) >= 11 is 0. The lowest BCUT2D eigenvalue weighted by Gasteiger charge is -2.30. The van der Waals surface area contributed by atoms with Crippen molar-refractivity contribution in [2.75, 3.05) is 12.5 Å². The number of rotatable bonds is 2. The van der Waals surface area contributed by atoms with E-state index in [1.165, 1.54) is 19.3 Å². The highest BCUT2D eigenvalue weighted by atomic mass is 32.2. The lowest BCUT2D eigenvalue weighted by molar-refractivity contribution is 0.353. The van der Waals surface area contributed by atoms with Crippen molar-refractivity contribution in [2.24, 2.45) is 11.8 Å². The molecule has 0 aromatic rings. The third-order valence-corrected chi connectivity index (χ3v) is 6.17. The second kappa shape index (κ2) is 4.25. The summed E-state index contributed by atoms with van der Waals surface area (Å²) in [5.74, 6) is 2.28. The maximum Gasteiger partial charge on any atom is -0.0110 e. The summed E-state index contributed by atoms with van der Waals surface area (Å²) in [4.78, 5) is 0. The molecule has 2 saturated carbocycles. The maximum absolute atomic E-state index is 2.49. The van der Waals surface area contributed by atoms with Crippen LogP contribution in [-0.4, -0.2) is 17.8 Å². The molecule has 0 radical (unpaired) electrons. The molecule has 0 aromatic heterocycles. The van der Waals surface area contributed by atoms with E-state index in [9.17, 15) is 0 Å². The molecule has 2 rings (SSSR count). The minimum absolute atomic E-state index is 0.343. The summed E-state index contributed by atoms with van der Waals surface area (Å²) in [6.07, 6.45) is 15.8. The van der Waals surface area contributed by atoms with Gasteiger partial charge in [-0.25, -0.2) is 0 Å². The molecule has 0 spiro atoms. The Morgan fingerprint density at radius 2 is 1.54 bits per heavy atom. The van der Waals surface area contributed by atoms with Crippen LogP contribution in [0, 0.1) is 11.8 Å². The van der Waals surface area contributed by atoms with Gasteiger partial charge in [0.2, 0.25) is 0 Å². The van der Waals surface area contributed by atoms with Gasteiger partial charge in [0.25, 0.3) is 0 Å². The minimum atomic E-state index is 0.343. The first-order valence-electron chi connectivity index (χ1n) is 5.95. The van der Waals surface area contributed by atoms with Crippen LogP contribution in [0.2, 0.25) is 0 Å². The maximum atomic E-state index is 2.49. The summed E-state index contributed by atoms with van der Waals surface area (Å²) in [5.41, 5.74) is 0. The van der Waals surface area contributed by atoms with E-state index in [-0.39, 0.29) is 0 Å². The Bertz CT molecular complexity index is 159. The van der Waals surface area contributed by atoms with Crippen LogP contribution in [0.1, 0.15) is 44.9 Å². The van der Waals surface area contributed by atoms with Crippen LogP contribution in [0.25, 0.3) is 0 Å². The molecule has 78 valence electrons.